The lowest BCUT2D eigenvalue weighted by molar-refractivity contribution is -0.113. The minimum absolute atomic E-state index is 0.0194. The minimum Gasteiger partial charge on any atom is -0.325 e. The molecule has 3 aromatic rings. The van der Waals surface area contributed by atoms with Gasteiger partial charge in [0.1, 0.15) is 0 Å². The molecular weight excluding hydrogens is 306 g/mol. The Labute approximate surface area is 139 Å². The van der Waals surface area contributed by atoms with Crippen molar-refractivity contribution in [2.24, 2.45) is 7.05 Å². The molecule has 1 amide bonds. The predicted octanol–water partition coefficient (Wildman–Crippen LogP) is 3.92. The van der Waals surface area contributed by atoms with E-state index < -0.39 is 0 Å². The molecular formula is C18H19N3OS. The zero-order valence-electron chi connectivity index (χ0n) is 13.5. The third kappa shape index (κ3) is 3.40. The number of aromatic nitrogens is 2. The van der Waals surface area contributed by atoms with Gasteiger partial charge in [-0.2, -0.15) is 0 Å². The van der Waals surface area contributed by atoms with Crippen LogP contribution in [0.1, 0.15) is 11.1 Å². The van der Waals surface area contributed by atoms with E-state index in [-0.39, 0.29) is 5.91 Å². The Bertz CT molecular complexity index is 870. The molecule has 3 rings (SSSR count). The van der Waals surface area contributed by atoms with Gasteiger partial charge in [-0.25, -0.2) is 4.98 Å². The van der Waals surface area contributed by atoms with E-state index in [1.54, 1.807) is 0 Å². The third-order valence-electron chi connectivity index (χ3n) is 3.73. The van der Waals surface area contributed by atoms with Crippen LogP contribution in [0.5, 0.6) is 0 Å². The summed E-state index contributed by atoms with van der Waals surface area (Å²) in [7, 11) is 1.97. The van der Waals surface area contributed by atoms with Crippen molar-refractivity contribution in [3.8, 4) is 0 Å². The number of benzene rings is 2. The van der Waals surface area contributed by atoms with Gasteiger partial charge in [0.15, 0.2) is 5.16 Å². The zero-order chi connectivity index (χ0) is 16.4. The van der Waals surface area contributed by atoms with Gasteiger partial charge in [0.25, 0.3) is 0 Å². The molecule has 2 aromatic carbocycles. The lowest BCUT2D eigenvalue weighted by Crippen LogP contribution is -2.15. The highest BCUT2D eigenvalue weighted by Crippen LogP contribution is 2.23. The maximum atomic E-state index is 12.2. The van der Waals surface area contributed by atoms with E-state index in [9.17, 15) is 4.79 Å². The molecule has 23 heavy (non-hydrogen) atoms. The summed E-state index contributed by atoms with van der Waals surface area (Å²) in [6.45, 7) is 4.04. The maximum Gasteiger partial charge on any atom is 0.234 e. The van der Waals surface area contributed by atoms with Gasteiger partial charge in [0, 0.05) is 12.7 Å². The Kier molecular flexibility index (Phi) is 4.39. The SMILES string of the molecule is Cc1ccc(NC(=O)CSc2nc3ccccc3n2C)c(C)c1. The highest BCUT2D eigenvalue weighted by atomic mass is 32.2. The standard InChI is InChI=1S/C18H19N3OS/c1-12-8-9-14(13(2)10-12)19-17(22)11-23-18-20-15-6-4-5-7-16(15)21(18)3/h4-10H,11H2,1-3H3,(H,19,22). The van der Waals surface area contributed by atoms with Crippen LogP contribution in [-0.4, -0.2) is 21.2 Å². The van der Waals surface area contributed by atoms with Crippen LogP contribution in [0.3, 0.4) is 0 Å². The topological polar surface area (TPSA) is 46.9 Å². The first-order valence-electron chi connectivity index (χ1n) is 7.46. The summed E-state index contributed by atoms with van der Waals surface area (Å²) >= 11 is 1.45. The van der Waals surface area contributed by atoms with E-state index in [4.69, 9.17) is 0 Å². The lowest BCUT2D eigenvalue weighted by Gasteiger charge is -2.09. The van der Waals surface area contributed by atoms with Crippen molar-refractivity contribution in [2.75, 3.05) is 11.1 Å². The molecule has 0 fully saturated rings. The Morgan fingerprint density at radius 3 is 2.74 bits per heavy atom. The second-order valence-electron chi connectivity index (χ2n) is 5.60. The van der Waals surface area contributed by atoms with Crippen LogP contribution in [0.25, 0.3) is 11.0 Å². The quantitative estimate of drug-likeness (QED) is 0.740. The average Bonchev–Trinajstić information content (AvgIpc) is 2.85. The molecule has 0 saturated heterocycles. The van der Waals surface area contributed by atoms with E-state index in [0.717, 1.165) is 27.4 Å². The summed E-state index contributed by atoms with van der Waals surface area (Å²) < 4.78 is 2.02. The molecule has 0 aliphatic carbocycles. The first-order chi connectivity index (χ1) is 11.0. The molecule has 1 N–H and O–H groups in total. The molecule has 118 valence electrons. The number of thioether (sulfide) groups is 1. The van der Waals surface area contributed by atoms with E-state index in [1.165, 1.54) is 17.3 Å². The third-order valence-corrected chi connectivity index (χ3v) is 4.76. The number of nitrogens with one attached hydrogen (secondary N) is 1. The summed E-state index contributed by atoms with van der Waals surface area (Å²) in [5.41, 5.74) is 5.16. The number of carbonyl (C=O) groups is 1. The number of imidazole rings is 1. The fourth-order valence-corrected chi connectivity index (χ4v) is 3.31. The molecule has 0 bridgehead atoms. The molecule has 0 unspecified atom stereocenters. The van der Waals surface area contributed by atoms with E-state index in [1.807, 2.05) is 61.9 Å². The van der Waals surface area contributed by atoms with Crippen molar-refractivity contribution in [1.82, 2.24) is 9.55 Å². The predicted molar refractivity (Wildman–Crippen MR) is 96.0 cm³/mol. The Hall–Kier alpha value is -2.27. The van der Waals surface area contributed by atoms with Crippen LogP contribution >= 0.6 is 11.8 Å². The van der Waals surface area contributed by atoms with Crippen molar-refractivity contribution in [3.05, 3.63) is 53.6 Å². The normalized spacial score (nSPS) is 10.9. The van der Waals surface area contributed by atoms with Gasteiger partial charge in [-0.15, -0.1) is 0 Å². The van der Waals surface area contributed by atoms with Crippen molar-refractivity contribution >= 4 is 34.4 Å². The Morgan fingerprint density at radius 1 is 1.22 bits per heavy atom. The van der Waals surface area contributed by atoms with Gasteiger partial charge >= 0.3 is 0 Å². The van der Waals surface area contributed by atoms with Crippen LogP contribution in [0.4, 0.5) is 5.69 Å². The van der Waals surface area contributed by atoms with Crippen LogP contribution in [0.2, 0.25) is 0 Å². The molecule has 5 heteroatoms. The fraction of sp³-hybridized carbons (Fsp3) is 0.222. The fourth-order valence-electron chi connectivity index (χ4n) is 2.52. The van der Waals surface area contributed by atoms with Crippen molar-refractivity contribution in [2.45, 2.75) is 19.0 Å². The summed E-state index contributed by atoms with van der Waals surface area (Å²) in [6.07, 6.45) is 0. The van der Waals surface area contributed by atoms with Crippen molar-refractivity contribution < 1.29 is 4.79 Å². The van der Waals surface area contributed by atoms with E-state index in [0.29, 0.717) is 5.75 Å². The number of amides is 1. The second kappa shape index (κ2) is 6.46. The number of aryl methyl sites for hydroxylation is 3. The van der Waals surface area contributed by atoms with Gasteiger partial charge in [-0.3, -0.25) is 4.79 Å². The van der Waals surface area contributed by atoms with Crippen LogP contribution in [0.15, 0.2) is 47.6 Å². The first kappa shape index (κ1) is 15.6. The molecule has 1 aromatic heterocycles. The summed E-state index contributed by atoms with van der Waals surface area (Å²) in [5.74, 6) is 0.318. The highest BCUT2D eigenvalue weighted by Gasteiger charge is 2.11. The Balaban J connectivity index is 1.67. The van der Waals surface area contributed by atoms with Gasteiger partial charge in [0.05, 0.1) is 16.8 Å². The molecule has 0 aliphatic rings. The van der Waals surface area contributed by atoms with Gasteiger partial charge in [0.2, 0.25) is 5.91 Å². The van der Waals surface area contributed by atoms with Gasteiger partial charge in [-0.1, -0.05) is 41.6 Å². The smallest absolute Gasteiger partial charge is 0.234 e. The van der Waals surface area contributed by atoms with Crippen LogP contribution < -0.4 is 5.32 Å². The molecule has 0 spiro atoms. The van der Waals surface area contributed by atoms with Gasteiger partial charge < -0.3 is 9.88 Å². The van der Waals surface area contributed by atoms with Crippen molar-refractivity contribution in [1.29, 1.82) is 0 Å². The van der Waals surface area contributed by atoms with Gasteiger partial charge in [-0.05, 0) is 37.6 Å². The number of hydrogen-bond acceptors (Lipinski definition) is 3. The highest BCUT2D eigenvalue weighted by molar-refractivity contribution is 7.99. The summed E-state index contributed by atoms with van der Waals surface area (Å²) in [5, 5.41) is 3.81. The second-order valence-corrected chi connectivity index (χ2v) is 6.54. The number of nitrogens with zero attached hydrogens (tertiary/aromatic N) is 2. The molecule has 0 aliphatic heterocycles. The van der Waals surface area contributed by atoms with Crippen molar-refractivity contribution in [3.63, 3.8) is 0 Å². The minimum atomic E-state index is -0.0194. The molecule has 0 saturated carbocycles. The summed E-state index contributed by atoms with van der Waals surface area (Å²) in [4.78, 5) is 16.7. The van der Waals surface area contributed by atoms with Crippen LogP contribution in [-0.2, 0) is 11.8 Å². The average molecular weight is 325 g/mol. The molecule has 1 heterocycles. The number of hydrogen-bond donors (Lipinski definition) is 1. The largest absolute Gasteiger partial charge is 0.325 e. The number of carbonyl (C=O) groups excluding carboxylic acids is 1. The van der Waals surface area contributed by atoms with E-state index in [2.05, 4.69) is 16.4 Å². The number of para-hydroxylation sites is 2. The molecule has 0 radical (unpaired) electrons. The number of anilines is 1. The lowest BCUT2D eigenvalue weighted by atomic mass is 10.1. The van der Waals surface area contributed by atoms with Crippen LogP contribution in [0, 0.1) is 13.8 Å². The molecule has 4 nitrogen and oxygen atoms in total. The zero-order valence-corrected chi connectivity index (χ0v) is 14.3. The maximum absolute atomic E-state index is 12.2. The number of fused-ring (bicyclic) bond motifs is 1. The first-order valence-corrected chi connectivity index (χ1v) is 8.44. The summed E-state index contributed by atoms with van der Waals surface area (Å²) in [6, 6.07) is 14.0. The Morgan fingerprint density at radius 2 is 2.00 bits per heavy atom. The monoisotopic (exact) mass is 325 g/mol. The number of rotatable bonds is 4. The molecule has 0 atom stereocenters. The van der Waals surface area contributed by atoms with E-state index >= 15 is 0 Å².